The largest absolute Gasteiger partial charge is 0.481 e. The van der Waals surface area contributed by atoms with Gasteiger partial charge in [0.05, 0.1) is 20.3 Å². The highest BCUT2D eigenvalue weighted by molar-refractivity contribution is 7.93. The van der Waals surface area contributed by atoms with Gasteiger partial charge in [-0.25, -0.2) is 26.4 Å². The number of ether oxygens (including phenoxy) is 2. The molecule has 0 saturated heterocycles. The van der Waals surface area contributed by atoms with E-state index >= 15 is 0 Å². The normalized spacial score (nSPS) is 15.3. The summed E-state index contributed by atoms with van der Waals surface area (Å²) >= 11 is 0. The predicted octanol–water partition coefficient (Wildman–Crippen LogP) is 0.528. The summed E-state index contributed by atoms with van der Waals surface area (Å²) in [6.07, 6.45) is 0. The molecule has 14 heteroatoms. The molecular formula is C16H19N5O7S2. The number of amides is 2. The van der Waals surface area contributed by atoms with Crippen molar-refractivity contribution in [3.05, 3.63) is 29.8 Å². The molecule has 2 heterocycles. The molecule has 1 aromatic heterocycles. The van der Waals surface area contributed by atoms with Crippen LogP contribution in [0, 0.1) is 0 Å². The first-order valence-electron chi connectivity index (χ1n) is 8.55. The number of nitrogens with zero attached hydrogens (tertiary/aromatic N) is 3. The first-order valence-corrected chi connectivity index (χ1v) is 11.5. The van der Waals surface area contributed by atoms with Crippen molar-refractivity contribution < 1.29 is 31.1 Å². The quantitative estimate of drug-likeness (QED) is 0.631. The molecule has 0 fully saturated rings. The van der Waals surface area contributed by atoms with Crippen molar-refractivity contribution in [1.29, 1.82) is 0 Å². The van der Waals surface area contributed by atoms with E-state index in [0.29, 0.717) is 5.56 Å². The van der Waals surface area contributed by atoms with Crippen molar-refractivity contribution in [2.24, 2.45) is 0 Å². The Labute approximate surface area is 173 Å². The lowest BCUT2D eigenvalue weighted by Crippen LogP contribution is -2.35. The zero-order valence-electron chi connectivity index (χ0n) is 16.2. The van der Waals surface area contributed by atoms with Crippen LogP contribution in [-0.2, 0) is 26.6 Å². The maximum absolute atomic E-state index is 12.8. The highest BCUT2D eigenvalue weighted by atomic mass is 32.2. The summed E-state index contributed by atoms with van der Waals surface area (Å²) in [4.78, 5) is 19.1. The third-order valence-corrected chi connectivity index (χ3v) is 7.76. The fraction of sp³-hybridized carbons (Fsp3) is 0.312. The molecule has 162 valence electrons. The van der Waals surface area contributed by atoms with Gasteiger partial charge < -0.3 is 9.47 Å². The third kappa shape index (κ3) is 4.01. The Morgan fingerprint density at radius 1 is 1.20 bits per heavy atom. The molecule has 0 atom stereocenters. The number of methoxy groups -OCH3 is 2. The minimum atomic E-state index is -4.52. The number of rotatable bonds is 6. The van der Waals surface area contributed by atoms with Crippen LogP contribution in [0.4, 0.5) is 10.7 Å². The fourth-order valence-corrected chi connectivity index (χ4v) is 6.23. The van der Waals surface area contributed by atoms with E-state index < -0.39 is 31.0 Å². The van der Waals surface area contributed by atoms with Gasteiger partial charge in [-0.15, -0.1) is 0 Å². The molecule has 2 amide bonds. The minimum Gasteiger partial charge on any atom is -0.481 e. The molecule has 30 heavy (non-hydrogen) atoms. The molecule has 2 N–H and O–H groups in total. The van der Waals surface area contributed by atoms with Gasteiger partial charge in [0.2, 0.25) is 27.7 Å². The van der Waals surface area contributed by atoms with E-state index in [0.717, 1.165) is 10.4 Å². The fourth-order valence-electron chi connectivity index (χ4n) is 2.85. The van der Waals surface area contributed by atoms with Crippen molar-refractivity contribution in [3.8, 4) is 11.8 Å². The molecule has 0 saturated carbocycles. The van der Waals surface area contributed by atoms with Gasteiger partial charge in [-0.1, -0.05) is 19.1 Å². The summed E-state index contributed by atoms with van der Waals surface area (Å²) in [5.41, 5.74) is 0.334. The van der Waals surface area contributed by atoms with Crippen molar-refractivity contribution >= 4 is 32.0 Å². The van der Waals surface area contributed by atoms with Gasteiger partial charge in [-0.2, -0.15) is 14.3 Å². The molecule has 12 nitrogen and oxygen atoms in total. The number of carbonyl (C=O) groups is 1. The van der Waals surface area contributed by atoms with Crippen LogP contribution in [-0.4, -0.2) is 57.9 Å². The predicted molar refractivity (Wildman–Crippen MR) is 104 cm³/mol. The molecular weight excluding hydrogens is 438 g/mol. The molecule has 0 unspecified atom stereocenters. The number of hydrogen-bond acceptors (Lipinski definition) is 9. The second-order valence-corrected chi connectivity index (χ2v) is 9.54. The van der Waals surface area contributed by atoms with Crippen LogP contribution in [0.1, 0.15) is 12.5 Å². The average Bonchev–Trinajstić information content (AvgIpc) is 2.97. The molecule has 3 rings (SSSR count). The van der Waals surface area contributed by atoms with E-state index in [2.05, 4.69) is 15.3 Å². The number of benzene rings is 1. The van der Waals surface area contributed by atoms with Gasteiger partial charge >= 0.3 is 6.03 Å². The van der Waals surface area contributed by atoms with E-state index in [1.54, 1.807) is 11.6 Å². The molecule has 1 aliphatic heterocycles. The van der Waals surface area contributed by atoms with Gasteiger partial charge in [0.1, 0.15) is 9.79 Å². The van der Waals surface area contributed by atoms with Crippen LogP contribution < -0.4 is 19.5 Å². The number of fused-ring (bicyclic) bond motifs is 1. The summed E-state index contributed by atoms with van der Waals surface area (Å²) in [5.74, 6) is -0.125. The average molecular weight is 457 g/mol. The van der Waals surface area contributed by atoms with E-state index in [4.69, 9.17) is 9.47 Å². The van der Waals surface area contributed by atoms with Gasteiger partial charge in [0.25, 0.3) is 10.0 Å². The summed E-state index contributed by atoms with van der Waals surface area (Å²) in [5, 5.41) is 2.15. The van der Waals surface area contributed by atoms with E-state index in [1.807, 2.05) is 0 Å². The van der Waals surface area contributed by atoms with Crippen LogP contribution in [0.25, 0.3) is 0 Å². The standard InChI is InChI=1S/C16H19N5O7S2/c1-4-21-9-10-6-5-7-11(14(10)30(21,25)26)29(23,24)20-16(22)19-15-17-12(27-2)8-13(18-15)28-3/h5-8H,4,9H2,1-3H3,(H2,17,18,19,20,22). The van der Waals surface area contributed by atoms with Crippen molar-refractivity contribution in [1.82, 2.24) is 19.0 Å². The highest BCUT2D eigenvalue weighted by Crippen LogP contribution is 2.34. The second-order valence-electron chi connectivity index (χ2n) is 6.01. The molecule has 2 aromatic rings. The molecule has 0 aliphatic carbocycles. The van der Waals surface area contributed by atoms with Crippen LogP contribution in [0.3, 0.4) is 0 Å². The maximum Gasteiger partial charge on any atom is 0.335 e. The van der Waals surface area contributed by atoms with Crippen molar-refractivity contribution in [2.75, 3.05) is 26.1 Å². The van der Waals surface area contributed by atoms with Crippen molar-refractivity contribution in [3.63, 3.8) is 0 Å². The van der Waals surface area contributed by atoms with Gasteiger partial charge in [0.15, 0.2) is 0 Å². The van der Waals surface area contributed by atoms with E-state index in [1.165, 1.54) is 32.4 Å². The SMILES string of the molecule is CCN1Cc2cccc(S(=O)(=O)NC(=O)Nc3nc(OC)cc(OC)n3)c2S1(=O)=O. The zero-order chi connectivity index (χ0) is 22.1. The lowest BCUT2D eigenvalue weighted by atomic mass is 10.2. The number of carbonyl (C=O) groups excluding carboxylic acids is 1. The number of hydrogen-bond donors (Lipinski definition) is 2. The van der Waals surface area contributed by atoms with Crippen LogP contribution in [0.5, 0.6) is 11.8 Å². The molecule has 0 radical (unpaired) electrons. The molecule has 0 bridgehead atoms. The number of anilines is 1. The monoisotopic (exact) mass is 457 g/mol. The number of urea groups is 1. The van der Waals surface area contributed by atoms with E-state index in [-0.39, 0.29) is 35.7 Å². The summed E-state index contributed by atoms with van der Waals surface area (Å²) < 4.78 is 63.7. The first-order chi connectivity index (χ1) is 14.1. The Balaban J connectivity index is 1.89. The first kappa shape index (κ1) is 21.7. The topological polar surface area (TPSA) is 157 Å². The van der Waals surface area contributed by atoms with E-state index in [9.17, 15) is 21.6 Å². The van der Waals surface area contributed by atoms with Crippen LogP contribution in [0.2, 0.25) is 0 Å². The van der Waals surface area contributed by atoms with Crippen LogP contribution >= 0.6 is 0 Å². The summed E-state index contributed by atoms with van der Waals surface area (Å²) in [6, 6.07) is 4.23. The Kier molecular flexibility index (Phi) is 5.83. The number of sulfonamides is 2. The molecule has 0 spiro atoms. The Bertz CT molecular complexity index is 1180. The number of aromatic nitrogens is 2. The smallest absolute Gasteiger partial charge is 0.335 e. The summed E-state index contributed by atoms with van der Waals surface area (Å²) in [6.45, 7) is 1.88. The summed E-state index contributed by atoms with van der Waals surface area (Å²) in [7, 11) is -5.84. The van der Waals surface area contributed by atoms with Gasteiger partial charge in [-0.3, -0.25) is 5.32 Å². The Morgan fingerprint density at radius 3 is 2.40 bits per heavy atom. The zero-order valence-corrected chi connectivity index (χ0v) is 17.9. The molecule has 1 aromatic carbocycles. The van der Waals surface area contributed by atoms with Crippen LogP contribution in [0.15, 0.2) is 34.1 Å². The lowest BCUT2D eigenvalue weighted by Gasteiger charge is -2.13. The highest BCUT2D eigenvalue weighted by Gasteiger charge is 2.39. The minimum absolute atomic E-state index is 0.0567. The van der Waals surface area contributed by atoms with Gasteiger partial charge in [-0.05, 0) is 11.6 Å². The third-order valence-electron chi connectivity index (χ3n) is 4.20. The number of nitrogens with one attached hydrogen (secondary N) is 2. The molecule has 1 aliphatic rings. The Morgan fingerprint density at radius 2 is 1.83 bits per heavy atom. The second kappa shape index (κ2) is 8.04. The van der Waals surface area contributed by atoms with Gasteiger partial charge in [0, 0.05) is 13.1 Å². The Hall–Kier alpha value is -2.97. The lowest BCUT2D eigenvalue weighted by molar-refractivity contribution is 0.256. The maximum atomic E-state index is 12.8. The van der Waals surface area contributed by atoms with Crippen molar-refractivity contribution in [2.45, 2.75) is 23.3 Å².